The van der Waals surface area contributed by atoms with Crippen molar-refractivity contribution < 1.29 is 5.11 Å². The van der Waals surface area contributed by atoms with Crippen LogP contribution in [0.4, 0.5) is 0 Å². The van der Waals surface area contributed by atoms with Crippen molar-refractivity contribution in [3.63, 3.8) is 0 Å². The van der Waals surface area contributed by atoms with E-state index in [0.717, 1.165) is 9.75 Å². The van der Waals surface area contributed by atoms with E-state index in [2.05, 4.69) is 11.4 Å². The van der Waals surface area contributed by atoms with Gasteiger partial charge in [-0.3, -0.25) is 0 Å². The van der Waals surface area contributed by atoms with Crippen molar-refractivity contribution in [2.45, 2.75) is 32.4 Å². The quantitative estimate of drug-likeness (QED) is 0.823. The molecule has 1 atom stereocenters. The maximum Gasteiger partial charge on any atom is 0.110 e. The van der Waals surface area contributed by atoms with Crippen LogP contribution in [0, 0.1) is 11.3 Å². The molecule has 1 unspecified atom stereocenters. The fourth-order valence-electron chi connectivity index (χ4n) is 1.15. The number of aliphatic hydroxyl groups is 1. The van der Waals surface area contributed by atoms with Crippen molar-refractivity contribution in [2.75, 3.05) is 6.54 Å². The number of hydrogen-bond acceptors (Lipinski definition) is 4. The zero-order chi connectivity index (χ0) is 11.5. The number of thiophene rings is 1. The fourth-order valence-corrected chi connectivity index (χ4v) is 1.98. The smallest absolute Gasteiger partial charge is 0.110 e. The van der Waals surface area contributed by atoms with E-state index < -0.39 is 5.60 Å². The zero-order valence-electron chi connectivity index (χ0n) is 9.24. The second kappa shape index (κ2) is 4.75. The van der Waals surface area contributed by atoms with Crippen LogP contribution >= 0.6 is 11.3 Å². The molecule has 82 valence electrons. The summed E-state index contributed by atoms with van der Waals surface area (Å²) in [4.78, 5) is 1.85. The van der Waals surface area contributed by atoms with Gasteiger partial charge in [-0.2, -0.15) is 5.26 Å². The van der Waals surface area contributed by atoms with Crippen molar-refractivity contribution in [1.82, 2.24) is 5.32 Å². The molecule has 0 amide bonds. The van der Waals surface area contributed by atoms with E-state index in [4.69, 9.17) is 5.26 Å². The Balaban J connectivity index is 2.54. The molecule has 0 radical (unpaired) electrons. The first-order chi connectivity index (χ1) is 6.92. The third-order valence-electron chi connectivity index (χ3n) is 2.00. The molecular weight excluding hydrogens is 208 g/mol. The molecule has 0 saturated carbocycles. The van der Waals surface area contributed by atoms with E-state index in [1.54, 1.807) is 13.8 Å². The van der Waals surface area contributed by atoms with Crippen molar-refractivity contribution in [3.8, 4) is 6.07 Å². The van der Waals surface area contributed by atoms with Gasteiger partial charge in [0, 0.05) is 17.5 Å². The minimum absolute atomic E-state index is 0.170. The Kier molecular flexibility index (Phi) is 3.86. The molecule has 0 fully saturated rings. The van der Waals surface area contributed by atoms with Gasteiger partial charge in [0.05, 0.1) is 5.60 Å². The topological polar surface area (TPSA) is 56.0 Å². The van der Waals surface area contributed by atoms with Gasteiger partial charge in [-0.15, -0.1) is 11.3 Å². The van der Waals surface area contributed by atoms with Crippen LogP contribution in [0.25, 0.3) is 0 Å². The molecule has 1 rings (SSSR count). The van der Waals surface area contributed by atoms with E-state index in [-0.39, 0.29) is 6.04 Å². The SMILES string of the molecule is CC(NCC(C)(C)O)c1ccc(C#N)s1. The summed E-state index contributed by atoms with van der Waals surface area (Å²) in [5.41, 5.74) is -0.705. The van der Waals surface area contributed by atoms with Crippen LogP contribution in [0.1, 0.15) is 36.6 Å². The summed E-state index contributed by atoms with van der Waals surface area (Å²) in [6.45, 7) is 6.09. The molecule has 3 nitrogen and oxygen atoms in total. The average molecular weight is 224 g/mol. The van der Waals surface area contributed by atoms with Crippen molar-refractivity contribution in [1.29, 1.82) is 5.26 Å². The van der Waals surface area contributed by atoms with Gasteiger partial charge in [0.2, 0.25) is 0 Å². The molecule has 1 aromatic rings. The summed E-state index contributed by atoms with van der Waals surface area (Å²) in [5.74, 6) is 0. The third-order valence-corrected chi connectivity index (χ3v) is 3.18. The Labute approximate surface area is 94.4 Å². The highest BCUT2D eigenvalue weighted by molar-refractivity contribution is 7.12. The maximum absolute atomic E-state index is 9.55. The van der Waals surface area contributed by atoms with Gasteiger partial charge in [0.1, 0.15) is 10.9 Å². The van der Waals surface area contributed by atoms with Gasteiger partial charge in [-0.1, -0.05) is 0 Å². The number of nitrogens with zero attached hydrogens (tertiary/aromatic N) is 1. The lowest BCUT2D eigenvalue weighted by molar-refractivity contribution is 0.0771. The monoisotopic (exact) mass is 224 g/mol. The molecular formula is C11H16N2OS. The Morgan fingerprint density at radius 1 is 1.60 bits per heavy atom. The number of hydrogen-bond donors (Lipinski definition) is 2. The molecule has 2 N–H and O–H groups in total. The number of nitriles is 1. The van der Waals surface area contributed by atoms with Crippen molar-refractivity contribution in [2.24, 2.45) is 0 Å². The largest absolute Gasteiger partial charge is 0.389 e. The second-order valence-electron chi connectivity index (χ2n) is 4.23. The predicted octanol–water partition coefficient (Wildman–Crippen LogP) is 2.04. The lowest BCUT2D eigenvalue weighted by atomic mass is 10.1. The molecule has 0 aliphatic carbocycles. The molecule has 0 aliphatic heterocycles. The van der Waals surface area contributed by atoms with Crippen LogP contribution in [0.2, 0.25) is 0 Å². The zero-order valence-corrected chi connectivity index (χ0v) is 10.1. The summed E-state index contributed by atoms with van der Waals surface area (Å²) < 4.78 is 0. The molecule has 0 saturated heterocycles. The van der Waals surface area contributed by atoms with Gasteiger partial charge in [-0.25, -0.2) is 0 Å². The Morgan fingerprint density at radius 2 is 2.27 bits per heavy atom. The average Bonchev–Trinajstić information content (AvgIpc) is 2.61. The van der Waals surface area contributed by atoms with Crippen LogP contribution in [0.3, 0.4) is 0 Å². The van der Waals surface area contributed by atoms with Crippen LogP contribution in [-0.4, -0.2) is 17.3 Å². The van der Waals surface area contributed by atoms with Gasteiger partial charge >= 0.3 is 0 Å². The lowest BCUT2D eigenvalue weighted by Crippen LogP contribution is -2.35. The highest BCUT2D eigenvalue weighted by Gasteiger charge is 2.15. The van der Waals surface area contributed by atoms with Crippen LogP contribution in [-0.2, 0) is 0 Å². The second-order valence-corrected chi connectivity index (χ2v) is 5.34. The molecule has 0 aromatic carbocycles. The normalized spacial score (nSPS) is 13.5. The molecule has 0 spiro atoms. The van der Waals surface area contributed by atoms with Gasteiger partial charge < -0.3 is 10.4 Å². The Hall–Kier alpha value is -0.890. The first kappa shape index (κ1) is 12.2. The summed E-state index contributed by atoms with van der Waals surface area (Å²) >= 11 is 1.49. The van der Waals surface area contributed by atoms with Crippen LogP contribution in [0.15, 0.2) is 12.1 Å². The molecule has 0 aliphatic rings. The molecule has 4 heteroatoms. The highest BCUT2D eigenvalue weighted by Crippen LogP contribution is 2.22. The van der Waals surface area contributed by atoms with Crippen LogP contribution < -0.4 is 5.32 Å². The summed E-state index contributed by atoms with van der Waals surface area (Å²) in [6, 6.07) is 6.06. The van der Waals surface area contributed by atoms with Crippen molar-refractivity contribution in [3.05, 3.63) is 21.9 Å². The number of nitrogens with one attached hydrogen (secondary N) is 1. The van der Waals surface area contributed by atoms with E-state index in [0.29, 0.717) is 6.54 Å². The predicted molar refractivity (Wildman–Crippen MR) is 61.7 cm³/mol. The van der Waals surface area contributed by atoms with E-state index in [1.165, 1.54) is 11.3 Å². The molecule has 1 heterocycles. The van der Waals surface area contributed by atoms with E-state index in [9.17, 15) is 5.11 Å². The Morgan fingerprint density at radius 3 is 2.73 bits per heavy atom. The Bertz CT molecular complexity index is 359. The highest BCUT2D eigenvalue weighted by atomic mass is 32.1. The molecule has 1 aromatic heterocycles. The van der Waals surface area contributed by atoms with Gasteiger partial charge in [0.15, 0.2) is 0 Å². The summed E-state index contributed by atoms with van der Waals surface area (Å²) in [6.07, 6.45) is 0. The molecule has 0 bridgehead atoms. The fraction of sp³-hybridized carbons (Fsp3) is 0.545. The minimum atomic E-state index is -0.705. The lowest BCUT2D eigenvalue weighted by Gasteiger charge is -2.20. The van der Waals surface area contributed by atoms with E-state index >= 15 is 0 Å². The first-order valence-corrected chi connectivity index (χ1v) is 5.69. The first-order valence-electron chi connectivity index (χ1n) is 4.88. The molecule has 15 heavy (non-hydrogen) atoms. The standard InChI is InChI=1S/C11H16N2OS/c1-8(13-7-11(2,3)14)10-5-4-9(6-12)15-10/h4-5,8,13-14H,7H2,1-3H3. The van der Waals surface area contributed by atoms with Crippen LogP contribution in [0.5, 0.6) is 0 Å². The minimum Gasteiger partial charge on any atom is -0.389 e. The maximum atomic E-state index is 9.55. The summed E-state index contributed by atoms with van der Waals surface area (Å²) in [7, 11) is 0. The van der Waals surface area contributed by atoms with Gasteiger partial charge in [0.25, 0.3) is 0 Å². The third kappa shape index (κ3) is 4.00. The number of rotatable bonds is 4. The van der Waals surface area contributed by atoms with Gasteiger partial charge in [-0.05, 0) is 32.9 Å². The van der Waals surface area contributed by atoms with Crippen molar-refractivity contribution >= 4 is 11.3 Å². The van der Waals surface area contributed by atoms with E-state index in [1.807, 2.05) is 19.1 Å². The summed E-state index contributed by atoms with van der Waals surface area (Å²) in [5, 5.41) is 21.5.